The van der Waals surface area contributed by atoms with Gasteiger partial charge in [-0.05, 0) is 49.7 Å². The molecule has 0 radical (unpaired) electrons. The number of hydrogen-bond acceptors (Lipinski definition) is 6. The standard InChI is InChI=1S/C21H20N2O6/c1-13(20(25)22-15-6-9-17-18(11-15)28-12-27-17)29-21(26)14-4-7-16(8-5-14)23-10-2-3-19(23)24/h4-9,11,13H,2-3,10,12H2,1H3,(H,22,25)/t13-/m1/s1. The van der Waals surface area contributed by atoms with E-state index in [2.05, 4.69) is 5.32 Å². The lowest BCUT2D eigenvalue weighted by Crippen LogP contribution is -2.30. The van der Waals surface area contributed by atoms with Crippen LogP contribution in [0.25, 0.3) is 0 Å². The number of rotatable bonds is 5. The number of esters is 1. The third-order valence-corrected chi connectivity index (χ3v) is 4.78. The molecule has 2 heterocycles. The van der Waals surface area contributed by atoms with E-state index in [0.29, 0.717) is 35.7 Å². The summed E-state index contributed by atoms with van der Waals surface area (Å²) in [6.45, 7) is 2.32. The van der Waals surface area contributed by atoms with Crippen LogP contribution in [-0.2, 0) is 14.3 Å². The topological polar surface area (TPSA) is 94.2 Å². The van der Waals surface area contributed by atoms with Crippen molar-refractivity contribution in [2.45, 2.75) is 25.9 Å². The smallest absolute Gasteiger partial charge is 0.338 e. The summed E-state index contributed by atoms with van der Waals surface area (Å²) in [7, 11) is 0. The highest BCUT2D eigenvalue weighted by Crippen LogP contribution is 2.34. The minimum atomic E-state index is -0.993. The normalized spacial score (nSPS) is 15.9. The second-order valence-electron chi connectivity index (χ2n) is 6.80. The lowest BCUT2D eigenvalue weighted by Gasteiger charge is -2.16. The number of hydrogen-bond donors (Lipinski definition) is 1. The molecule has 2 amide bonds. The number of amides is 2. The molecule has 2 aromatic rings. The van der Waals surface area contributed by atoms with E-state index in [1.54, 1.807) is 47.4 Å². The number of fused-ring (bicyclic) bond motifs is 1. The number of nitrogens with zero attached hydrogens (tertiary/aromatic N) is 1. The lowest BCUT2D eigenvalue weighted by molar-refractivity contribution is -0.123. The maximum absolute atomic E-state index is 12.3. The fraction of sp³-hybridized carbons (Fsp3) is 0.286. The summed E-state index contributed by atoms with van der Waals surface area (Å²) in [6, 6.07) is 11.6. The van der Waals surface area contributed by atoms with Crippen molar-refractivity contribution in [3.8, 4) is 11.5 Å². The van der Waals surface area contributed by atoms with Crippen LogP contribution in [0.5, 0.6) is 11.5 Å². The monoisotopic (exact) mass is 396 g/mol. The molecule has 0 bridgehead atoms. The van der Waals surface area contributed by atoms with Crippen molar-refractivity contribution < 1.29 is 28.6 Å². The van der Waals surface area contributed by atoms with E-state index in [0.717, 1.165) is 12.1 Å². The highest BCUT2D eigenvalue weighted by Gasteiger charge is 2.23. The molecule has 0 unspecified atom stereocenters. The molecule has 2 aliphatic heterocycles. The van der Waals surface area contributed by atoms with Gasteiger partial charge in [-0.2, -0.15) is 0 Å². The molecule has 0 aliphatic carbocycles. The van der Waals surface area contributed by atoms with Gasteiger partial charge in [0.25, 0.3) is 5.91 Å². The first-order chi connectivity index (χ1) is 14.0. The van der Waals surface area contributed by atoms with Crippen LogP contribution in [0.3, 0.4) is 0 Å². The fourth-order valence-corrected chi connectivity index (χ4v) is 3.20. The van der Waals surface area contributed by atoms with Crippen molar-refractivity contribution in [3.63, 3.8) is 0 Å². The van der Waals surface area contributed by atoms with Gasteiger partial charge in [-0.1, -0.05) is 0 Å². The number of ether oxygens (including phenoxy) is 3. The quantitative estimate of drug-likeness (QED) is 0.781. The van der Waals surface area contributed by atoms with Gasteiger partial charge in [0.1, 0.15) is 0 Å². The molecule has 1 saturated heterocycles. The summed E-state index contributed by atoms with van der Waals surface area (Å²) in [5.74, 6) is 0.161. The first-order valence-corrected chi connectivity index (χ1v) is 9.33. The predicted molar refractivity (Wildman–Crippen MR) is 104 cm³/mol. The van der Waals surface area contributed by atoms with Crippen LogP contribution in [0.15, 0.2) is 42.5 Å². The molecule has 0 saturated carbocycles. The fourth-order valence-electron chi connectivity index (χ4n) is 3.20. The van der Waals surface area contributed by atoms with E-state index < -0.39 is 18.0 Å². The van der Waals surface area contributed by atoms with E-state index in [1.165, 1.54) is 6.92 Å². The van der Waals surface area contributed by atoms with Crippen molar-refractivity contribution in [1.82, 2.24) is 0 Å². The Morgan fingerprint density at radius 1 is 1.10 bits per heavy atom. The highest BCUT2D eigenvalue weighted by molar-refractivity contribution is 5.98. The predicted octanol–water partition coefficient (Wildman–Crippen LogP) is 2.73. The number of carbonyl (C=O) groups excluding carboxylic acids is 3. The SMILES string of the molecule is C[C@@H](OC(=O)c1ccc(N2CCCC2=O)cc1)C(=O)Nc1ccc2c(c1)OCO2. The minimum Gasteiger partial charge on any atom is -0.454 e. The molecule has 4 rings (SSSR count). The van der Waals surface area contributed by atoms with Gasteiger partial charge in [-0.25, -0.2) is 4.79 Å². The van der Waals surface area contributed by atoms with Crippen molar-refractivity contribution >= 4 is 29.2 Å². The van der Waals surface area contributed by atoms with Crippen molar-refractivity contribution in [1.29, 1.82) is 0 Å². The Kier molecular flexibility index (Phi) is 5.07. The zero-order valence-electron chi connectivity index (χ0n) is 15.8. The Hall–Kier alpha value is -3.55. The highest BCUT2D eigenvalue weighted by atomic mass is 16.7. The Labute approximate surface area is 167 Å². The van der Waals surface area contributed by atoms with Gasteiger partial charge in [0.15, 0.2) is 17.6 Å². The third-order valence-electron chi connectivity index (χ3n) is 4.78. The van der Waals surface area contributed by atoms with Crippen LogP contribution in [-0.4, -0.2) is 37.2 Å². The van der Waals surface area contributed by atoms with Gasteiger partial charge in [0, 0.05) is 30.4 Å². The minimum absolute atomic E-state index is 0.0779. The van der Waals surface area contributed by atoms with Crippen LogP contribution in [0.4, 0.5) is 11.4 Å². The van der Waals surface area contributed by atoms with Gasteiger partial charge >= 0.3 is 5.97 Å². The summed E-state index contributed by atoms with van der Waals surface area (Å²) in [5.41, 5.74) is 1.57. The lowest BCUT2D eigenvalue weighted by atomic mass is 10.2. The van der Waals surface area contributed by atoms with Gasteiger partial charge in [0.05, 0.1) is 5.56 Å². The molecule has 8 nitrogen and oxygen atoms in total. The first-order valence-electron chi connectivity index (χ1n) is 9.33. The van der Waals surface area contributed by atoms with E-state index in [9.17, 15) is 14.4 Å². The molecule has 2 aromatic carbocycles. The molecule has 150 valence electrons. The van der Waals surface area contributed by atoms with E-state index in [-0.39, 0.29) is 12.7 Å². The molecule has 8 heteroatoms. The summed E-state index contributed by atoms with van der Waals surface area (Å²) >= 11 is 0. The van der Waals surface area contributed by atoms with Crippen LogP contribution < -0.4 is 19.7 Å². The molecular weight excluding hydrogens is 376 g/mol. The molecule has 2 aliphatic rings. The summed E-state index contributed by atoms with van der Waals surface area (Å²) < 4.78 is 15.8. The summed E-state index contributed by atoms with van der Waals surface area (Å²) in [5, 5.41) is 2.68. The molecule has 1 fully saturated rings. The van der Waals surface area contributed by atoms with Gasteiger partial charge in [-0.15, -0.1) is 0 Å². The van der Waals surface area contributed by atoms with Gasteiger partial charge < -0.3 is 24.4 Å². The number of benzene rings is 2. The van der Waals surface area contributed by atoms with Crippen LogP contribution >= 0.6 is 0 Å². The summed E-state index contributed by atoms with van der Waals surface area (Å²) in [6.07, 6.45) is 0.381. The molecule has 0 spiro atoms. The van der Waals surface area contributed by atoms with E-state index in [1.807, 2.05) is 0 Å². The van der Waals surface area contributed by atoms with Crippen molar-refractivity contribution in [2.75, 3.05) is 23.6 Å². The van der Waals surface area contributed by atoms with Crippen molar-refractivity contribution in [3.05, 3.63) is 48.0 Å². The molecule has 1 atom stereocenters. The number of anilines is 2. The first kappa shape index (κ1) is 18.8. The Balaban J connectivity index is 1.35. The number of carbonyl (C=O) groups is 3. The largest absolute Gasteiger partial charge is 0.454 e. The molecular formula is C21H20N2O6. The van der Waals surface area contributed by atoms with Gasteiger partial charge in [0.2, 0.25) is 12.7 Å². The van der Waals surface area contributed by atoms with Gasteiger partial charge in [-0.3, -0.25) is 9.59 Å². The second kappa shape index (κ2) is 7.83. The Morgan fingerprint density at radius 3 is 2.59 bits per heavy atom. The van der Waals surface area contributed by atoms with E-state index >= 15 is 0 Å². The van der Waals surface area contributed by atoms with Crippen LogP contribution in [0.2, 0.25) is 0 Å². The maximum atomic E-state index is 12.3. The zero-order chi connectivity index (χ0) is 20.4. The average Bonchev–Trinajstić information content (AvgIpc) is 3.36. The second-order valence-corrected chi connectivity index (χ2v) is 6.80. The third kappa shape index (κ3) is 4.01. The zero-order valence-corrected chi connectivity index (χ0v) is 15.8. The Morgan fingerprint density at radius 2 is 1.86 bits per heavy atom. The Bertz CT molecular complexity index is 956. The summed E-state index contributed by atoms with van der Waals surface area (Å²) in [4.78, 5) is 38.2. The van der Waals surface area contributed by atoms with Crippen LogP contribution in [0.1, 0.15) is 30.1 Å². The molecule has 0 aromatic heterocycles. The van der Waals surface area contributed by atoms with E-state index in [4.69, 9.17) is 14.2 Å². The molecule has 29 heavy (non-hydrogen) atoms. The maximum Gasteiger partial charge on any atom is 0.338 e. The van der Waals surface area contributed by atoms with Crippen LogP contribution in [0, 0.1) is 0 Å². The van der Waals surface area contributed by atoms with Crippen molar-refractivity contribution in [2.24, 2.45) is 0 Å². The number of nitrogens with one attached hydrogen (secondary N) is 1. The average molecular weight is 396 g/mol. The molecule has 1 N–H and O–H groups in total.